The second kappa shape index (κ2) is 6.69. The van der Waals surface area contributed by atoms with E-state index in [0.717, 1.165) is 16.9 Å². The van der Waals surface area contributed by atoms with E-state index in [4.69, 9.17) is 0 Å². The summed E-state index contributed by atoms with van der Waals surface area (Å²) in [5, 5.41) is 3.67. The second-order valence-electron chi connectivity index (χ2n) is 5.46. The Morgan fingerprint density at radius 2 is 2.33 bits per heavy atom. The summed E-state index contributed by atoms with van der Waals surface area (Å²) in [5.41, 5.74) is 1.35. The van der Waals surface area contributed by atoms with Crippen LogP contribution in [-0.2, 0) is 6.54 Å². The number of benzene rings is 1. The number of nitrogens with one attached hydrogen (secondary N) is 1. The summed E-state index contributed by atoms with van der Waals surface area (Å²) in [6.45, 7) is 5.77. The zero-order chi connectivity index (χ0) is 13.0. The molecule has 0 aromatic heterocycles. The summed E-state index contributed by atoms with van der Waals surface area (Å²) in [6, 6.07) is 9.12. The van der Waals surface area contributed by atoms with Gasteiger partial charge in [0, 0.05) is 23.6 Å². The summed E-state index contributed by atoms with van der Waals surface area (Å²) in [7, 11) is 2.23. The maximum absolute atomic E-state index is 3.67. The molecule has 1 aliphatic heterocycles. The molecule has 0 spiro atoms. The van der Waals surface area contributed by atoms with Crippen LogP contribution in [0.1, 0.15) is 25.3 Å². The van der Waals surface area contributed by atoms with Crippen molar-refractivity contribution in [2.75, 3.05) is 20.1 Å². The molecular weight excluding hydrogens is 288 g/mol. The van der Waals surface area contributed by atoms with Crippen LogP contribution in [0.4, 0.5) is 0 Å². The first-order valence-electron chi connectivity index (χ1n) is 6.81. The van der Waals surface area contributed by atoms with E-state index >= 15 is 0 Å². The molecule has 2 rings (SSSR count). The Bertz CT molecular complexity index is 381. The number of halogens is 1. The third kappa shape index (κ3) is 4.08. The Morgan fingerprint density at radius 3 is 3.06 bits per heavy atom. The number of nitrogens with zero attached hydrogens (tertiary/aromatic N) is 1. The monoisotopic (exact) mass is 310 g/mol. The molecule has 1 aromatic carbocycles. The lowest BCUT2D eigenvalue weighted by Crippen LogP contribution is -2.42. The van der Waals surface area contributed by atoms with Gasteiger partial charge >= 0.3 is 0 Å². The van der Waals surface area contributed by atoms with Gasteiger partial charge in [-0.05, 0) is 57.0 Å². The van der Waals surface area contributed by atoms with Crippen LogP contribution in [0, 0.1) is 5.92 Å². The second-order valence-corrected chi connectivity index (χ2v) is 6.38. The van der Waals surface area contributed by atoms with Crippen LogP contribution >= 0.6 is 15.9 Å². The van der Waals surface area contributed by atoms with Gasteiger partial charge in [-0.25, -0.2) is 0 Å². The molecule has 100 valence electrons. The minimum Gasteiger partial charge on any atom is -0.310 e. The summed E-state index contributed by atoms with van der Waals surface area (Å²) in [6.07, 6.45) is 2.70. The molecule has 1 aromatic rings. The lowest BCUT2D eigenvalue weighted by molar-refractivity contribution is 0.178. The predicted octanol–water partition coefficient (Wildman–Crippen LogP) is 3.27. The number of hydrogen-bond acceptors (Lipinski definition) is 2. The highest BCUT2D eigenvalue weighted by atomic mass is 79.9. The molecule has 1 saturated heterocycles. The zero-order valence-corrected chi connectivity index (χ0v) is 12.9. The summed E-state index contributed by atoms with van der Waals surface area (Å²) in [4.78, 5) is 2.45. The molecule has 2 unspecified atom stereocenters. The van der Waals surface area contributed by atoms with Gasteiger partial charge in [0.2, 0.25) is 0 Å². The Labute approximate surface area is 119 Å². The van der Waals surface area contributed by atoms with Crippen molar-refractivity contribution in [1.82, 2.24) is 10.2 Å². The van der Waals surface area contributed by atoms with Gasteiger partial charge in [0.25, 0.3) is 0 Å². The molecule has 0 bridgehead atoms. The highest BCUT2D eigenvalue weighted by molar-refractivity contribution is 9.10. The van der Waals surface area contributed by atoms with Crippen LogP contribution in [-0.4, -0.2) is 31.1 Å². The maximum Gasteiger partial charge on any atom is 0.0208 e. The normalized spacial score (nSPS) is 22.9. The fourth-order valence-corrected chi connectivity index (χ4v) is 3.15. The summed E-state index contributed by atoms with van der Waals surface area (Å²) < 4.78 is 1.16. The van der Waals surface area contributed by atoms with Crippen LogP contribution in [0.2, 0.25) is 0 Å². The molecule has 0 saturated carbocycles. The number of piperidine rings is 1. The van der Waals surface area contributed by atoms with Crippen LogP contribution in [0.25, 0.3) is 0 Å². The highest BCUT2D eigenvalue weighted by Crippen LogP contribution is 2.19. The Balaban J connectivity index is 1.82. The first-order valence-corrected chi connectivity index (χ1v) is 7.61. The molecule has 3 heteroatoms. The lowest BCUT2D eigenvalue weighted by atomic mass is 9.92. The number of rotatable bonds is 4. The summed E-state index contributed by atoms with van der Waals surface area (Å²) in [5.74, 6) is 0.788. The van der Waals surface area contributed by atoms with E-state index in [-0.39, 0.29) is 0 Å². The Kier molecular flexibility index (Phi) is 5.22. The van der Waals surface area contributed by atoms with Crippen molar-refractivity contribution in [3.63, 3.8) is 0 Å². The van der Waals surface area contributed by atoms with Gasteiger partial charge in [0.15, 0.2) is 0 Å². The van der Waals surface area contributed by atoms with E-state index in [0.29, 0.717) is 6.04 Å². The van der Waals surface area contributed by atoms with E-state index < -0.39 is 0 Å². The first-order chi connectivity index (χ1) is 8.65. The van der Waals surface area contributed by atoms with Crippen LogP contribution < -0.4 is 5.32 Å². The van der Waals surface area contributed by atoms with Gasteiger partial charge in [0.05, 0.1) is 0 Å². The van der Waals surface area contributed by atoms with Crippen molar-refractivity contribution in [3.8, 4) is 0 Å². The van der Waals surface area contributed by atoms with Gasteiger partial charge < -0.3 is 10.2 Å². The van der Waals surface area contributed by atoms with Crippen molar-refractivity contribution < 1.29 is 0 Å². The van der Waals surface area contributed by atoms with E-state index in [9.17, 15) is 0 Å². The molecule has 2 nitrogen and oxygen atoms in total. The van der Waals surface area contributed by atoms with Crippen molar-refractivity contribution in [2.24, 2.45) is 5.92 Å². The summed E-state index contributed by atoms with van der Waals surface area (Å²) >= 11 is 3.52. The van der Waals surface area contributed by atoms with E-state index in [2.05, 4.69) is 64.4 Å². The van der Waals surface area contributed by atoms with Crippen LogP contribution in [0.15, 0.2) is 28.7 Å². The van der Waals surface area contributed by atoms with Crippen molar-refractivity contribution >= 4 is 15.9 Å². The van der Waals surface area contributed by atoms with E-state index in [1.165, 1.54) is 31.5 Å². The Morgan fingerprint density at radius 1 is 1.50 bits per heavy atom. The minimum atomic E-state index is 0.590. The first kappa shape index (κ1) is 14.0. The fraction of sp³-hybridized carbons (Fsp3) is 0.600. The molecule has 0 radical (unpaired) electrons. The van der Waals surface area contributed by atoms with Gasteiger partial charge in [-0.1, -0.05) is 28.1 Å². The molecule has 2 atom stereocenters. The number of likely N-dealkylation sites (tertiary alicyclic amines) is 1. The predicted molar refractivity (Wildman–Crippen MR) is 80.7 cm³/mol. The molecule has 0 amide bonds. The van der Waals surface area contributed by atoms with E-state index in [1.807, 2.05) is 0 Å². The van der Waals surface area contributed by atoms with Crippen molar-refractivity contribution in [3.05, 3.63) is 34.3 Å². The molecule has 1 aliphatic rings. The van der Waals surface area contributed by atoms with Gasteiger partial charge in [-0.15, -0.1) is 0 Å². The molecule has 1 heterocycles. The molecule has 1 fully saturated rings. The molecule has 18 heavy (non-hydrogen) atoms. The van der Waals surface area contributed by atoms with Crippen molar-refractivity contribution in [2.45, 2.75) is 32.4 Å². The number of hydrogen-bond donors (Lipinski definition) is 1. The lowest BCUT2D eigenvalue weighted by Gasteiger charge is -2.34. The van der Waals surface area contributed by atoms with Gasteiger partial charge in [-0.2, -0.15) is 0 Å². The van der Waals surface area contributed by atoms with Crippen LogP contribution in [0.5, 0.6) is 0 Å². The van der Waals surface area contributed by atoms with E-state index in [1.54, 1.807) is 0 Å². The quantitative estimate of drug-likeness (QED) is 0.918. The fourth-order valence-electron chi connectivity index (χ4n) is 2.71. The highest BCUT2D eigenvalue weighted by Gasteiger charge is 2.22. The maximum atomic E-state index is 3.67. The Hall–Kier alpha value is -0.380. The van der Waals surface area contributed by atoms with Crippen LogP contribution in [0.3, 0.4) is 0 Å². The van der Waals surface area contributed by atoms with Gasteiger partial charge in [0.1, 0.15) is 0 Å². The standard InChI is InChI=1S/C15H23BrN2/c1-12(14-6-4-8-18(2)11-14)17-10-13-5-3-7-15(16)9-13/h3,5,7,9,12,14,17H,4,6,8,10-11H2,1-2H3. The smallest absolute Gasteiger partial charge is 0.0208 e. The third-order valence-electron chi connectivity index (χ3n) is 3.89. The molecular formula is C15H23BrN2. The molecule has 1 N–H and O–H groups in total. The average Bonchev–Trinajstić information content (AvgIpc) is 2.36. The third-order valence-corrected chi connectivity index (χ3v) is 4.38. The minimum absolute atomic E-state index is 0.590. The zero-order valence-electron chi connectivity index (χ0n) is 11.3. The average molecular weight is 311 g/mol. The van der Waals surface area contributed by atoms with Crippen molar-refractivity contribution in [1.29, 1.82) is 0 Å². The topological polar surface area (TPSA) is 15.3 Å². The largest absolute Gasteiger partial charge is 0.310 e. The molecule has 0 aliphatic carbocycles. The SMILES string of the molecule is CC(NCc1cccc(Br)c1)C1CCCN(C)C1. The van der Waals surface area contributed by atoms with Gasteiger partial charge in [-0.3, -0.25) is 0 Å².